The Kier molecular flexibility index (Phi) is 5.74. The molecule has 0 fully saturated rings. The lowest BCUT2D eigenvalue weighted by Crippen LogP contribution is -2.28. The third-order valence-electron chi connectivity index (χ3n) is 2.65. The molecule has 0 saturated carbocycles. The van der Waals surface area contributed by atoms with Gasteiger partial charge in [-0.15, -0.1) is 0 Å². The summed E-state index contributed by atoms with van der Waals surface area (Å²) in [7, 11) is -3.49. The molecule has 0 saturated heterocycles. The van der Waals surface area contributed by atoms with Crippen LogP contribution < -0.4 is 10.5 Å². The van der Waals surface area contributed by atoms with Gasteiger partial charge in [0.1, 0.15) is 0 Å². The van der Waals surface area contributed by atoms with Gasteiger partial charge in [0.2, 0.25) is 10.0 Å². The van der Waals surface area contributed by atoms with E-state index in [4.69, 9.17) is 10.5 Å². The fourth-order valence-corrected chi connectivity index (χ4v) is 2.94. The summed E-state index contributed by atoms with van der Waals surface area (Å²) in [5.74, 6) is 0. The second kappa shape index (κ2) is 6.84. The van der Waals surface area contributed by atoms with Crippen LogP contribution in [0, 0.1) is 6.92 Å². The summed E-state index contributed by atoms with van der Waals surface area (Å²) in [4.78, 5) is 0.280. The molecule has 0 unspecified atom stereocenters. The quantitative estimate of drug-likeness (QED) is 0.718. The van der Waals surface area contributed by atoms with E-state index in [0.717, 1.165) is 5.56 Å². The van der Waals surface area contributed by atoms with Gasteiger partial charge < -0.3 is 10.5 Å². The minimum Gasteiger partial charge on any atom is -0.380 e. The van der Waals surface area contributed by atoms with Crippen molar-refractivity contribution < 1.29 is 13.2 Å². The molecule has 1 rings (SSSR count). The molecule has 1 aromatic carbocycles. The Morgan fingerprint density at radius 1 is 1.39 bits per heavy atom. The van der Waals surface area contributed by atoms with Crippen LogP contribution in [0.15, 0.2) is 23.1 Å². The molecule has 6 heteroatoms. The molecule has 0 aromatic heterocycles. The summed E-state index contributed by atoms with van der Waals surface area (Å²) in [6.45, 7) is 5.16. The number of sulfonamides is 1. The predicted molar refractivity (Wildman–Crippen MR) is 70.8 cm³/mol. The second-order valence-electron chi connectivity index (χ2n) is 3.84. The van der Waals surface area contributed by atoms with Crippen LogP contribution in [0.5, 0.6) is 0 Å². The molecule has 0 atom stereocenters. The van der Waals surface area contributed by atoms with Crippen molar-refractivity contribution in [2.24, 2.45) is 5.73 Å². The van der Waals surface area contributed by atoms with Crippen molar-refractivity contribution in [3.05, 3.63) is 29.3 Å². The zero-order chi connectivity index (χ0) is 13.6. The van der Waals surface area contributed by atoms with Crippen molar-refractivity contribution in [3.8, 4) is 0 Å². The monoisotopic (exact) mass is 272 g/mol. The minimum absolute atomic E-state index is 0.266. The fraction of sp³-hybridized carbons (Fsp3) is 0.500. The Morgan fingerprint density at radius 2 is 2.11 bits per heavy atom. The second-order valence-corrected chi connectivity index (χ2v) is 5.57. The van der Waals surface area contributed by atoms with Gasteiger partial charge in [0.25, 0.3) is 0 Å². The van der Waals surface area contributed by atoms with Gasteiger partial charge in [-0.3, -0.25) is 0 Å². The fourth-order valence-electron chi connectivity index (χ4n) is 1.64. The number of hydrogen-bond acceptors (Lipinski definition) is 4. The number of nitrogens with two attached hydrogens (primary N) is 1. The zero-order valence-electron chi connectivity index (χ0n) is 10.8. The number of benzene rings is 1. The van der Waals surface area contributed by atoms with Gasteiger partial charge in [-0.25, -0.2) is 13.1 Å². The first-order valence-electron chi connectivity index (χ1n) is 5.89. The highest BCUT2D eigenvalue weighted by atomic mass is 32.2. The van der Waals surface area contributed by atoms with Crippen molar-refractivity contribution in [1.29, 1.82) is 0 Å². The van der Waals surface area contributed by atoms with Crippen molar-refractivity contribution in [3.63, 3.8) is 0 Å². The SMILES string of the molecule is CCOCCNS(=O)(=O)c1cccc(CN)c1C. The maximum Gasteiger partial charge on any atom is 0.240 e. The number of nitrogens with one attached hydrogen (secondary N) is 1. The highest BCUT2D eigenvalue weighted by Gasteiger charge is 2.17. The molecule has 0 aliphatic heterocycles. The van der Waals surface area contributed by atoms with Gasteiger partial charge in [0, 0.05) is 19.7 Å². The Morgan fingerprint density at radius 3 is 2.72 bits per heavy atom. The van der Waals surface area contributed by atoms with Crippen LogP contribution in [0.25, 0.3) is 0 Å². The molecule has 0 aliphatic rings. The van der Waals surface area contributed by atoms with Crippen molar-refractivity contribution in [2.45, 2.75) is 25.3 Å². The molecule has 3 N–H and O–H groups in total. The van der Waals surface area contributed by atoms with Crippen LogP contribution >= 0.6 is 0 Å². The van der Waals surface area contributed by atoms with Gasteiger partial charge in [0.15, 0.2) is 0 Å². The summed E-state index contributed by atoms with van der Waals surface area (Å²) in [6, 6.07) is 5.11. The molecule has 0 aliphatic carbocycles. The van der Waals surface area contributed by atoms with Gasteiger partial charge in [-0.1, -0.05) is 12.1 Å². The summed E-state index contributed by atoms with van der Waals surface area (Å²) < 4.78 is 31.8. The molecule has 18 heavy (non-hydrogen) atoms. The van der Waals surface area contributed by atoms with E-state index in [1.165, 1.54) is 0 Å². The molecule has 0 spiro atoms. The van der Waals surface area contributed by atoms with Gasteiger partial charge in [0.05, 0.1) is 11.5 Å². The van der Waals surface area contributed by atoms with Crippen LogP contribution in [0.1, 0.15) is 18.1 Å². The highest BCUT2D eigenvalue weighted by molar-refractivity contribution is 7.89. The van der Waals surface area contributed by atoms with E-state index < -0.39 is 10.0 Å². The van der Waals surface area contributed by atoms with Crippen molar-refractivity contribution in [2.75, 3.05) is 19.8 Å². The normalized spacial score (nSPS) is 11.7. The van der Waals surface area contributed by atoms with Crippen LogP contribution in [0.3, 0.4) is 0 Å². The maximum atomic E-state index is 12.1. The maximum absolute atomic E-state index is 12.1. The molecule has 1 aromatic rings. The zero-order valence-corrected chi connectivity index (χ0v) is 11.6. The lowest BCUT2D eigenvalue weighted by Gasteiger charge is -2.11. The molecule has 5 nitrogen and oxygen atoms in total. The van der Waals surface area contributed by atoms with Crippen molar-refractivity contribution >= 4 is 10.0 Å². The van der Waals surface area contributed by atoms with E-state index in [1.807, 2.05) is 13.0 Å². The Labute approximate surface area is 108 Å². The molecular weight excluding hydrogens is 252 g/mol. The smallest absolute Gasteiger partial charge is 0.240 e. The molecule has 102 valence electrons. The van der Waals surface area contributed by atoms with E-state index in [1.54, 1.807) is 19.1 Å². The summed E-state index contributed by atoms with van der Waals surface area (Å²) in [6.07, 6.45) is 0. The standard InChI is InChI=1S/C12H20N2O3S/c1-3-17-8-7-14-18(15,16)12-6-4-5-11(9-13)10(12)2/h4-6,14H,3,7-9,13H2,1-2H3. The third-order valence-corrected chi connectivity index (χ3v) is 4.25. The van der Waals surface area contributed by atoms with E-state index >= 15 is 0 Å². The van der Waals surface area contributed by atoms with Crippen LogP contribution in [0.4, 0.5) is 0 Å². The van der Waals surface area contributed by atoms with Gasteiger partial charge in [-0.2, -0.15) is 0 Å². The number of ether oxygens (including phenoxy) is 1. The third kappa shape index (κ3) is 3.78. The van der Waals surface area contributed by atoms with E-state index in [0.29, 0.717) is 25.3 Å². The summed E-state index contributed by atoms with van der Waals surface area (Å²) in [5.41, 5.74) is 7.10. The van der Waals surface area contributed by atoms with E-state index in [-0.39, 0.29) is 11.4 Å². The number of hydrogen-bond donors (Lipinski definition) is 2. The Bertz CT molecular complexity index is 486. The van der Waals surface area contributed by atoms with Gasteiger partial charge >= 0.3 is 0 Å². The van der Waals surface area contributed by atoms with E-state index in [9.17, 15) is 8.42 Å². The lowest BCUT2D eigenvalue weighted by molar-refractivity contribution is 0.153. The first-order valence-corrected chi connectivity index (χ1v) is 7.37. The van der Waals surface area contributed by atoms with E-state index in [2.05, 4.69) is 4.72 Å². The predicted octanol–water partition coefficient (Wildman–Crippen LogP) is 0.769. The average molecular weight is 272 g/mol. The summed E-state index contributed by atoms with van der Waals surface area (Å²) >= 11 is 0. The highest BCUT2D eigenvalue weighted by Crippen LogP contribution is 2.18. The summed E-state index contributed by atoms with van der Waals surface area (Å²) in [5, 5.41) is 0. The number of rotatable bonds is 7. The molecule has 0 bridgehead atoms. The minimum atomic E-state index is -3.49. The van der Waals surface area contributed by atoms with Crippen molar-refractivity contribution in [1.82, 2.24) is 4.72 Å². The Balaban J connectivity index is 2.85. The molecular formula is C12H20N2O3S. The van der Waals surface area contributed by atoms with Crippen LogP contribution in [0.2, 0.25) is 0 Å². The lowest BCUT2D eigenvalue weighted by atomic mass is 10.1. The van der Waals surface area contributed by atoms with Crippen LogP contribution in [-0.2, 0) is 21.3 Å². The molecule has 0 radical (unpaired) electrons. The molecule has 0 heterocycles. The first-order chi connectivity index (χ1) is 8.53. The largest absolute Gasteiger partial charge is 0.380 e. The van der Waals surface area contributed by atoms with Crippen LogP contribution in [-0.4, -0.2) is 28.2 Å². The molecule has 0 amide bonds. The topological polar surface area (TPSA) is 81.4 Å². The first kappa shape index (κ1) is 15.1. The average Bonchev–Trinajstić information content (AvgIpc) is 2.35. The van der Waals surface area contributed by atoms with Gasteiger partial charge in [-0.05, 0) is 31.0 Å². The Hall–Kier alpha value is -0.950.